The van der Waals surface area contributed by atoms with Crippen molar-refractivity contribution in [2.24, 2.45) is 0 Å². The summed E-state index contributed by atoms with van der Waals surface area (Å²) >= 11 is 0. The highest BCUT2D eigenvalue weighted by atomic mass is 16.5. The van der Waals surface area contributed by atoms with Crippen LogP contribution in [0.15, 0.2) is 24.3 Å². The van der Waals surface area contributed by atoms with Gasteiger partial charge in [-0.3, -0.25) is 0 Å². The molecule has 0 bridgehead atoms. The zero-order valence-corrected chi connectivity index (χ0v) is 12.9. The number of nitrogens with one attached hydrogen (secondary N) is 1. The maximum Gasteiger partial charge on any atom is 0.119 e. The van der Waals surface area contributed by atoms with Crippen LogP contribution in [0.25, 0.3) is 0 Å². The van der Waals surface area contributed by atoms with Gasteiger partial charge in [0.2, 0.25) is 0 Å². The van der Waals surface area contributed by atoms with Crippen molar-refractivity contribution in [3.05, 3.63) is 29.8 Å². The van der Waals surface area contributed by atoms with E-state index < -0.39 is 0 Å². The molecule has 0 saturated heterocycles. The summed E-state index contributed by atoms with van der Waals surface area (Å²) in [7, 11) is 3.57. The number of benzene rings is 1. The van der Waals surface area contributed by atoms with Crippen molar-refractivity contribution in [2.75, 3.05) is 20.8 Å². The fourth-order valence-electron chi connectivity index (χ4n) is 3.10. The van der Waals surface area contributed by atoms with Crippen molar-refractivity contribution >= 4 is 0 Å². The van der Waals surface area contributed by atoms with Crippen molar-refractivity contribution in [1.29, 1.82) is 0 Å². The molecule has 1 aromatic rings. The van der Waals surface area contributed by atoms with Gasteiger partial charge in [-0.15, -0.1) is 0 Å². The molecule has 0 radical (unpaired) electrons. The molecular formula is C17H27NO2. The van der Waals surface area contributed by atoms with Crippen LogP contribution in [0.3, 0.4) is 0 Å². The molecule has 2 rings (SSSR count). The molecule has 1 N–H and O–H groups in total. The highest BCUT2D eigenvalue weighted by molar-refractivity contribution is 5.29. The quantitative estimate of drug-likeness (QED) is 0.791. The molecule has 1 saturated carbocycles. The molecule has 1 aliphatic carbocycles. The normalized spacial score (nSPS) is 18.4. The summed E-state index contributed by atoms with van der Waals surface area (Å²) < 4.78 is 11.1. The lowest BCUT2D eigenvalue weighted by atomic mass is 9.75. The van der Waals surface area contributed by atoms with Gasteiger partial charge in [-0.2, -0.15) is 0 Å². The van der Waals surface area contributed by atoms with Crippen molar-refractivity contribution < 1.29 is 9.47 Å². The Hall–Kier alpha value is -1.06. The molecule has 1 atom stereocenters. The number of hydrogen-bond acceptors (Lipinski definition) is 3. The van der Waals surface area contributed by atoms with Gasteiger partial charge >= 0.3 is 0 Å². The average molecular weight is 277 g/mol. The lowest BCUT2D eigenvalue weighted by molar-refractivity contribution is -0.0833. The van der Waals surface area contributed by atoms with Crippen LogP contribution in [0, 0.1) is 0 Å². The molecule has 0 aromatic heterocycles. The van der Waals surface area contributed by atoms with E-state index in [9.17, 15) is 0 Å². The van der Waals surface area contributed by atoms with Crippen LogP contribution in [0.2, 0.25) is 0 Å². The highest BCUT2D eigenvalue weighted by Crippen LogP contribution is 2.39. The maximum atomic E-state index is 5.77. The van der Waals surface area contributed by atoms with Crippen LogP contribution in [-0.2, 0) is 11.2 Å². The van der Waals surface area contributed by atoms with Crippen LogP contribution in [-0.4, -0.2) is 32.4 Å². The van der Waals surface area contributed by atoms with Gasteiger partial charge in [-0.25, -0.2) is 0 Å². The van der Waals surface area contributed by atoms with E-state index in [1.807, 2.05) is 13.2 Å². The first-order valence-electron chi connectivity index (χ1n) is 7.63. The van der Waals surface area contributed by atoms with Crippen LogP contribution < -0.4 is 10.1 Å². The molecule has 112 valence electrons. The van der Waals surface area contributed by atoms with Gasteiger partial charge in [0.25, 0.3) is 0 Å². The smallest absolute Gasteiger partial charge is 0.119 e. The minimum atomic E-state index is 0.117. The van der Waals surface area contributed by atoms with E-state index in [2.05, 4.69) is 30.4 Å². The fraction of sp³-hybridized carbons (Fsp3) is 0.647. The molecule has 1 unspecified atom stereocenters. The fourth-order valence-corrected chi connectivity index (χ4v) is 3.10. The lowest BCUT2D eigenvalue weighted by Gasteiger charge is -2.43. The predicted octanol–water partition coefficient (Wildman–Crippen LogP) is 3.18. The van der Waals surface area contributed by atoms with Gasteiger partial charge in [0.15, 0.2) is 0 Å². The second-order valence-electron chi connectivity index (χ2n) is 5.76. The first-order chi connectivity index (χ1) is 9.71. The molecule has 1 aromatic carbocycles. The van der Waals surface area contributed by atoms with Crippen molar-refractivity contribution in [2.45, 2.75) is 50.7 Å². The lowest BCUT2D eigenvalue weighted by Crippen LogP contribution is -2.46. The first-order valence-corrected chi connectivity index (χ1v) is 7.63. The molecule has 1 fully saturated rings. The summed E-state index contributed by atoms with van der Waals surface area (Å²) in [5.74, 6) is 0.933. The van der Waals surface area contributed by atoms with Crippen molar-refractivity contribution in [3.63, 3.8) is 0 Å². The van der Waals surface area contributed by atoms with E-state index in [-0.39, 0.29) is 5.60 Å². The minimum absolute atomic E-state index is 0.117. The second kappa shape index (κ2) is 7.09. The number of rotatable bonds is 8. The first kappa shape index (κ1) is 15.3. The molecular weight excluding hydrogens is 250 g/mol. The van der Waals surface area contributed by atoms with Gasteiger partial charge in [0.1, 0.15) is 5.75 Å². The zero-order chi connectivity index (χ0) is 14.4. The predicted molar refractivity (Wildman–Crippen MR) is 82.4 cm³/mol. The molecule has 3 heteroatoms. The third kappa shape index (κ3) is 3.74. The SMILES string of the molecule is CCNC(Cc1cccc(OC)c1)CC1(OC)CCC1. The molecule has 3 nitrogen and oxygen atoms in total. The van der Waals surface area contributed by atoms with Gasteiger partial charge in [-0.05, 0) is 56.3 Å². The summed E-state index contributed by atoms with van der Waals surface area (Å²) in [5, 5.41) is 3.61. The van der Waals surface area contributed by atoms with E-state index in [0.717, 1.165) is 25.1 Å². The monoisotopic (exact) mass is 277 g/mol. The average Bonchev–Trinajstić information content (AvgIpc) is 2.43. The van der Waals surface area contributed by atoms with Crippen LogP contribution in [0.5, 0.6) is 5.75 Å². The summed E-state index contributed by atoms with van der Waals surface area (Å²) in [5.41, 5.74) is 1.44. The maximum absolute atomic E-state index is 5.77. The van der Waals surface area contributed by atoms with E-state index in [1.54, 1.807) is 7.11 Å². The largest absolute Gasteiger partial charge is 0.497 e. The number of hydrogen-bond donors (Lipinski definition) is 1. The van der Waals surface area contributed by atoms with Crippen LogP contribution in [0.1, 0.15) is 38.2 Å². The Labute approximate surface area is 122 Å². The van der Waals surface area contributed by atoms with Gasteiger partial charge in [0.05, 0.1) is 12.7 Å². The van der Waals surface area contributed by atoms with Gasteiger partial charge in [0, 0.05) is 13.2 Å². The van der Waals surface area contributed by atoms with Crippen LogP contribution in [0.4, 0.5) is 0 Å². The van der Waals surface area contributed by atoms with E-state index >= 15 is 0 Å². The van der Waals surface area contributed by atoms with Crippen LogP contribution >= 0.6 is 0 Å². The summed E-state index contributed by atoms with van der Waals surface area (Å²) in [6, 6.07) is 8.82. The van der Waals surface area contributed by atoms with E-state index in [4.69, 9.17) is 9.47 Å². The summed E-state index contributed by atoms with van der Waals surface area (Å²) in [4.78, 5) is 0. The summed E-state index contributed by atoms with van der Waals surface area (Å²) in [6.45, 7) is 3.16. The third-order valence-electron chi connectivity index (χ3n) is 4.43. The molecule has 0 spiro atoms. The van der Waals surface area contributed by atoms with Crippen molar-refractivity contribution in [1.82, 2.24) is 5.32 Å². The van der Waals surface area contributed by atoms with Gasteiger partial charge in [-0.1, -0.05) is 19.1 Å². The van der Waals surface area contributed by atoms with E-state index in [1.165, 1.54) is 24.8 Å². The zero-order valence-electron chi connectivity index (χ0n) is 12.9. The van der Waals surface area contributed by atoms with Crippen molar-refractivity contribution in [3.8, 4) is 5.75 Å². The Kier molecular flexibility index (Phi) is 5.44. The Balaban J connectivity index is 2.00. The van der Waals surface area contributed by atoms with Gasteiger partial charge < -0.3 is 14.8 Å². The molecule has 0 heterocycles. The molecule has 20 heavy (non-hydrogen) atoms. The molecule has 0 aliphatic heterocycles. The Morgan fingerprint density at radius 2 is 2.10 bits per heavy atom. The summed E-state index contributed by atoms with van der Waals surface area (Å²) in [6.07, 6.45) is 5.81. The highest BCUT2D eigenvalue weighted by Gasteiger charge is 2.38. The molecule has 1 aliphatic rings. The van der Waals surface area contributed by atoms with E-state index in [0.29, 0.717) is 6.04 Å². The Morgan fingerprint density at radius 1 is 1.30 bits per heavy atom. The number of ether oxygens (including phenoxy) is 2. The second-order valence-corrected chi connectivity index (χ2v) is 5.76. The number of methoxy groups -OCH3 is 2. The topological polar surface area (TPSA) is 30.5 Å². The third-order valence-corrected chi connectivity index (χ3v) is 4.43. The Morgan fingerprint density at radius 3 is 2.65 bits per heavy atom. The molecule has 0 amide bonds. The standard InChI is InChI=1S/C17H27NO2/c1-4-18-15(13-17(20-3)9-6-10-17)11-14-7-5-8-16(12-14)19-2/h5,7-8,12,15,18H,4,6,9-11,13H2,1-3H3. The Bertz CT molecular complexity index is 410. The number of likely N-dealkylation sites (N-methyl/N-ethyl adjacent to an activating group) is 1. The minimum Gasteiger partial charge on any atom is -0.497 e.